The third-order valence-electron chi connectivity index (χ3n) is 6.14. The fraction of sp³-hybridized carbons (Fsp3) is 0.476. The summed E-state index contributed by atoms with van der Waals surface area (Å²) in [7, 11) is -1.34. The van der Waals surface area contributed by atoms with Crippen LogP contribution in [-0.2, 0) is 14.6 Å². The number of benzene rings is 1. The first-order valence-corrected chi connectivity index (χ1v) is 13.2. The number of carbonyl (C=O) groups excluding carboxylic acids is 1. The standard InChI is InChI=1S/C21H25N5O3S2/c1-13(20(27)25(2)15-9-10-31(28,29)12-15)30-21-24-23-19(26(21)14-7-8-14)17-11-22-18-6-4-3-5-16(17)18/h3-6,11,13-15,22H,7-10,12H2,1-2H3/t13-,15-/m0/s1. The lowest BCUT2D eigenvalue weighted by molar-refractivity contribution is -0.130. The Labute approximate surface area is 185 Å². The second-order valence-corrected chi connectivity index (χ2v) is 12.0. The summed E-state index contributed by atoms with van der Waals surface area (Å²) in [4.78, 5) is 17.9. The van der Waals surface area contributed by atoms with Crippen LogP contribution in [0, 0.1) is 0 Å². The third kappa shape index (κ3) is 3.87. The summed E-state index contributed by atoms with van der Waals surface area (Å²) < 4.78 is 25.7. The Kier molecular flexibility index (Phi) is 5.09. The maximum Gasteiger partial charge on any atom is 0.235 e. The van der Waals surface area contributed by atoms with Crippen molar-refractivity contribution in [3.63, 3.8) is 0 Å². The maximum atomic E-state index is 13.0. The smallest absolute Gasteiger partial charge is 0.235 e. The van der Waals surface area contributed by atoms with Crippen molar-refractivity contribution in [2.45, 2.75) is 48.7 Å². The van der Waals surface area contributed by atoms with Gasteiger partial charge in [-0.15, -0.1) is 10.2 Å². The van der Waals surface area contributed by atoms with E-state index in [9.17, 15) is 13.2 Å². The van der Waals surface area contributed by atoms with Crippen molar-refractivity contribution in [2.75, 3.05) is 18.6 Å². The molecule has 164 valence electrons. The number of nitrogens with one attached hydrogen (secondary N) is 1. The van der Waals surface area contributed by atoms with Crippen molar-refractivity contribution < 1.29 is 13.2 Å². The lowest BCUT2D eigenvalue weighted by atomic mass is 10.1. The molecule has 2 aromatic heterocycles. The number of amides is 1. The predicted octanol–water partition coefficient (Wildman–Crippen LogP) is 2.89. The molecule has 1 aliphatic carbocycles. The molecule has 31 heavy (non-hydrogen) atoms. The van der Waals surface area contributed by atoms with Gasteiger partial charge in [-0.2, -0.15) is 0 Å². The highest BCUT2D eigenvalue weighted by Crippen LogP contribution is 2.43. The largest absolute Gasteiger partial charge is 0.360 e. The van der Waals surface area contributed by atoms with E-state index >= 15 is 0 Å². The number of H-pyrrole nitrogens is 1. The number of aromatic amines is 1. The van der Waals surface area contributed by atoms with E-state index in [1.165, 1.54) is 11.8 Å². The Hall–Kier alpha value is -2.33. The molecule has 1 aromatic carbocycles. The summed E-state index contributed by atoms with van der Waals surface area (Å²) in [5.74, 6) is 0.944. The summed E-state index contributed by atoms with van der Waals surface area (Å²) in [5.41, 5.74) is 2.06. The van der Waals surface area contributed by atoms with Gasteiger partial charge in [0, 0.05) is 41.8 Å². The van der Waals surface area contributed by atoms with Crippen LogP contribution < -0.4 is 0 Å². The molecule has 1 amide bonds. The molecular formula is C21H25N5O3S2. The van der Waals surface area contributed by atoms with Crippen molar-refractivity contribution >= 4 is 38.4 Å². The van der Waals surface area contributed by atoms with Gasteiger partial charge in [0.2, 0.25) is 5.91 Å². The van der Waals surface area contributed by atoms with Gasteiger partial charge in [-0.25, -0.2) is 8.42 Å². The van der Waals surface area contributed by atoms with E-state index in [2.05, 4.69) is 25.8 Å². The first kappa shape index (κ1) is 20.6. The summed E-state index contributed by atoms with van der Waals surface area (Å²) in [5, 5.41) is 10.4. The monoisotopic (exact) mass is 459 g/mol. The molecule has 2 fully saturated rings. The van der Waals surface area contributed by atoms with Crippen molar-refractivity contribution in [1.82, 2.24) is 24.6 Å². The number of aromatic nitrogens is 4. The minimum atomic E-state index is -3.04. The van der Waals surface area contributed by atoms with Crippen molar-refractivity contribution in [3.05, 3.63) is 30.5 Å². The normalized spacial score (nSPS) is 21.4. The Morgan fingerprint density at radius 3 is 2.74 bits per heavy atom. The van der Waals surface area contributed by atoms with Gasteiger partial charge < -0.3 is 9.88 Å². The lowest BCUT2D eigenvalue weighted by Gasteiger charge is -2.26. The molecule has 2 atom stereocenters. The average molecular weight is 460 g/mol. The van der Waals surface area contributed by atoms with E-state index in [1.807, 2.05) is 31.3 Å². The van der Waals surface area contributed by atoms with Crippen molar-refractivity contribution in [3.8, 4) is 11.4 Å². The van der Waals surface area contributed by atoms with E-state index in [-0.39, 0.29) is 28.7 Å². The van der Waals surface area contributed by atoms with Gasteiger partial charge in [0.1, 0.15) is 0 Å². The Morgan fingerprint density at radius 1 is 1.26 bits per heavy atom. The molecule has 0 bridgehead atoms. The molecule has 1 saturated heterocycles. The van der Waals surface area contributed by atoms with Crippen LogP contribution in [-0.4, -0.2) is 68.8 Å². The van der Waals surface area contributed by atoms with Crippen LogP contribution in [0.25, 0.3) is 22.3 Å². The number of fused-ring (bicyclic) bond motifs is 1. The average Bonchev–Trinajstić information content (AvgIpc) is 3.19. The molecule has 5 rings (SSSR count). The predicted molar refractivity (Wildman–Crippen MR) is 121 cm³/mol. The molecule has 1 aliphatic heterocycles. The molecule has 2 aliphatic rings. The quantitative estimate of drug-likeness (QED) is 0.569. The van der Waals surface area contributed by atoms with Crippen LogP contribution in [0.5, 0.6) is 0 Å². The van der Waals surface area contributed by atoms with Gasteiger partial charge in [0.15, 0.2) is 20.8 Å². The van der Waals surface area contributed by atoms with Gasteiger partial charge in [-0.3, -0.25) is 9.36 Å². The van der Waals surface area contributed by atoms with Crippen LogP contribution in [0.2, 0.25) is 0 Å². The topological polar surface area (TPSA) is 101 Å². The molecule has 0 unspecified atom stereocenters. The van der Waals surface area contributed by atoms with E-state index in [1.54, 1.807) is 11.9 Å². The number of sulfone groups is 1. The minimum absolute atomic E-state index is 0.0512. The minimum Gasteiger partial charge on any atom is -0.360 e. The van der Waals surface area contributed by atoms with Crippen molar-refractivity contribution in [1.29, 1.82) is 0 Å². The summed E-state index contributed by atoms with van der Waals surface area (Å²) in [6.45, 7) is 1.85. The molecule has 10 heteroatoms. The highest BCUT2D eigenvalue weighted by Gasteiger charge is 2.36. The third-order valence-corrected chi connectivity index (χ3v) is 8.94. The zero-order valence-corrected chi connectivity index (χ0v) is 19.1. The molecule has 1 saturated carbocycles. The van der Waals surface area contributed by atoms with Crippen LogP contribution in [0.15, 0.2) is 35.6 Å². The molecule has 3 aromatic rings. The second kappa shape index (κ2) is 7.67. The Morgan fingerprint density at radius 2 is 2.03 bits per heavy atom. The summed E-state index contributed by atoms with van der Waals surface area (Å²) in [6, 6.07) is 8.20. The number of carbonyl (C=O) groups is 1. The first-order valence-electron chi connectivity index (χ1n) is 10.5. The maximum absolute atomic E-state index is 13.0. The first-order chi connectivity index (χ1) is 14.8. The van der Waals surface area contributed by atoms with Crippen LogP contribution >= 0.6 is 11.8 Å². The van der Waals surface area contributed by atoms with Crippen LogP contribution in [0.4, 0.5) is 0 Å². The zero-order chi connectivity index (χ0) is 21.8. The molecule has 1 N–H and O–H groups in total. The molecule has 8 nitrogen and oxygen atoms in total. The second-order valence-electron chi connectivity index (χ2n) is 8.42. The van der Waals surface area contributed by atoms with Gasteiger partial charge >= 0.3 is 0 Å². The molecular weight excluding hydrogens is 434 g/mol. The number of hydrogen-bond donors (Lipinski definition) is 1. The summed E-state index contributed by atoms with van der Waals surface area (Å²) >= 11 is 1.40. The number of rotatable bonds is 6. The van der Waals surface area contributed by atoms with E-state index in [0.717, 1.165) is 40.3 Å². The lowest BCUT2D eigenvalue weighted by Crippen LogP contribution is -2.41. The van der Waals surface area contributed by atoms with Gasteiger partial charge in [0.05, 0.1) is 16.8 Å². The number of hydrogen-bond acceptors (Lipinski definition) is 6. The van der Waals surface area contributed by atoms with Gasteiger partial charge in [0.25, 0.3) is 0 Å². The number of thioether (sulfide) groups is 1. The van der Waals surface area contributed by atoms with E-state index < -0.39 is 9.84 Å². The fourth-order valence-corrected chi connectivity index (χ4v) is 7.01. The fourth-order valence-electron chi connectivity index (χ4n) is 4.22. The van der Waals surface area contributed by atoms with E-state index in [0.29, 0.717) is 12.5 Å². The highest BCUT2D eigenvalue weighted by atomic mass is 32.2. The summed E-state index contributed by atoms with van der Waals surface area (Å²) in [6.07, 6.45) is 4.61. The SMILES string of the molecule is C[C@H](Sc1nnc(-c2c[nH]c3ccccc23)n1C1CC1)C(=O)N(C)[C@H]1CCS(=O)(=O)C1. The van der Waals surface area contributed by atoms with E-state index in [4.69, 9.17) is 0 Å². The van der Waals surface area contributed by atoms with Gasteiger partial charge in [-0.1, -0.05) is 30.0 Å². The molecule has 3 heterocycles. The Balaban J connectivity index is 1.39. The zero-order valence-electron chi connectivity index (χ0n) is 17.5. The van der Waals surface area contributed by atoms with Crippen molar-refractivity contribution in [2.24, 2.45) is 0 Å². The molecule has 0 spiro atoms. The molecule has 0 radical (unpaired) electrons. The van der Waals surface area contributed by atoms with Crippen LogP contribution in [0.3, 0.4) is 0 Å². The number of para-hydroxylation sites is 1. The number of nitrogens with zero attached hydrogens (tertiary/aromatic N) is 4. The van der Waals surface area contributed by atoms with Crippen LogP contribution in [0.1, 0.15) is 32.2 Å². The highest BCUT2D eigenvalue weighted by molar-refractivity contribution is 8.00. The Bertz CT molecular complexity index is 1240. The van der Waals surface area contributed by atoms with Gasteiger partial charge in [-0.05, 0) is 32.3 Å².